The third-order valence-electron chi connectivity index (χ3n) is 2.09. The smallest absolute Gasteiger partial charge is 0.244 e. The SMILES string of the molecule is O=C(Cn1ccnc1)Nc1ccc(Cl)cc1Cl. The molecule has 0 saturated heterocycles. The Kier molecular flexibility index (Phi) is 3.66. The summed E-state index contributed by atoms with van der Waals surface area (Å²) in [5.41, 5.74) is 0.543. The van der Waals surface area contributed by atoms with E-state index in [2.05, 4.69) is 10.3 Å². The van der Waals surface area contributed by atoms with E-state index in [9.17, 15) is 4.79 Å². The van der Waals surface area contributed by atoms with Crippen LogP contribution in [-0.2, 0) is 11.3 Å². The van der Waals surface area contributed by atoms with Gasteiger partial charge in [-0.15, -0.1) is 0 Å². The van der Waals surface area contributed by atoms with E-state index >= 15 is 0 Å². The lowest BCUT2D eigenvalue weighted by molar-refractivity contribution is -0.116. The van der Waals surface area contributed by atoms with Crippen LogP contribution in [0.4, 0.5) is 5.69 Å². The van der Waals surface area contributed by atoms with E-state index in [4.69, 9.17) is 23.2 Å². The number of carbonyl (C=O) groups is 1. The van der Waals surface area contributed by atoms with Crippen molar-refractivity contribution in [1.82, 2.24) is 9.55 Å². The van der Waals surface area contributed by atoms with Gasteiger partial charge >= 0.3 is 0 Å². The molecule has 0 bridgehead atoms. The number of imidazole rings is 1. The van der Waals surface area contributed by atoms with Gasteiger partial charge in [0.25, 0.3) is 0 Å². The van der Waals surface area contributed by atoms with Crippen LogP contribution >= 0.6 is 23.2 Å². The molecule has 0 aliphatic carbocycles. The van der Waals surface area contributed by atoms with E-state index in [1.54, 1.807) is 41.5 Å². The first kappa shape index (κ1) is 12.0. The van der Waals surface area contributed by atoms with Crippen molar-refractivity contribution in [3.05, 3.63) is 47.0 Å². The molecule has 6 heteroatoms. The minimum absolute atomic E-state index is 0.174. The van der Waals surface area contributed by atoms with Crippen molar-refractivity contribution >= 4 is 34.8 Å². The van der Waals surface area contributed by atoms with Crippen LogP contribution in [0.15, 0.2) is 36.9 Å². The van der Waals surface area contributed by atoms with Gasteiger partial charge in [-0.25, -0.2) is 4.98 Å². The number of carbonyl (C=O) groups excluding carboxylic acids is 1. The molecule has 0 spiro atoms. The predicted octanol–water partition coefficient (Wildman–Crippen LogP) is 2.83. The van der Waals surface area contributed by atoms with Crippen LogP contribution < -0.4 is 5.32 Å². The van der Waals surface area contributed by atoms with Crippen LogP contribution in [0.3, 0.4) is 0 Å². The van der Waals surface area contributed by atoms with Crippen LogP contribution in [-0.4, -0.2) is 15.5 Å². The third kappa shape index (κ3) is 3.22. The van der Waals surface area contributed by atoms with Crippen LogP contribution in [0.1, 0.15) is 0 Å². The Morgan fingerprint density at radius 2 is 2.24 bits per heavy atom. The lowest BCUT2D eigenvalue weighted by Gasteiger charge is -2.07. The third-order valence-corrected chi connectivity index (χ3v) is 2.64. The van der Waals surface area contributed by atoms with Crippen molar-refractivity contribution in [2.45, 2.75) is 6.54 Å². The Morgan fingerprint density at radius 3 is 2.88 bits per heavy atom. The number of nitrogens with one attached hydrogen (secondary N) is 1. The zero-order chi connectivity index (χ0) is 12.3. The maximum absolute atomic E-state index is 11.7. The molecule has 0 fully saturated rings. The number of nitrogens with zero attached hydrogens (tertiary/aromatic N) is 2. The van der Waals surface area contributed by atoms with Gasteiger partial charge in [-0.3, -0.25) is 4.79 Å². The maximum atomic E-state index is 11.7. The summed E-state index contributed by atoms with van der Waals surface area (Å²) in [6.45, 7) is 0.193. The summed E-state index contributed by atoms with van der Waals surface area (Å²) in [4.78, 5) is 15.5. The molecular formula is C11H9Cl2N3O. The average molecular weight is 270 g/mol. The van der Waals surface area contributed by atoms with Gasteiger partial charge < -0.3 is 9.88 Å². The second kappa shape index (κ2) is 5.21. The van der Waals surface area contributed by atoms with Crippen LogP contribution in [0.2, 0.25) is 10.0 Å². The Morgan fingerprint density at radius 1 is 1.41 bits per heavy atom. The Hall–Kier alpha value is -1.52. The number of hydrogen-bond acceptors (Lipinski definition) is 2. The monoisotopic (exact) mass is 269 g/mol. The van der Waals surface area contributed by atoms with Crippen molar-refractivity contribution < 1.29 is 4.79 Å². The molecule has 2 rings (SSSR count). The topological polar surface area (TPSA) is 46.9 Å². The number of amides is 1. The van der Waals surface area contributed by atoms with Gasteiger partial charge in [-0.1, -0.05) is 23.2 Å². The molecular weight excluding hydrogens is 261 g/mol. The Balaban J connectivity index is 2.03. The standard InChI is InChI=1S/C11H9Cl2N3O/c12-8-1-2-10(9(13)5-8)15-11(17)6-16-4-3-14-7-16/h1-5,7H,6H2,(H,15,17). The number of aromatic nitrogens is 2. The fourth-order valence-corrected chi connectivity index (χ4v) is 1.78. The minimum Gasteiger partial charge on any atom is -0.328 e. The molecule has 1 amide bonds. The first-order chi connectivity index (χ1) is 8.15. The fourth-order valence-electron chi connectivity index (χ4n) is 1.33. The highest BCUT2D eigenvalue weighted by Crippen LogP contribution is 2.25. The number of rotatable bonds is 3. The number of anilines is 1. The van der Waals surface area contributed by atoms with Gasteiger partial charge in [-0.05, 0) is 18.2 Å². The van der Waals surface area contributed by atoms with Crippen molar-refractivity contribution in [1.29, 1.82) is 0 Å². The molecule has 1 N–H and O–H groups in total. The molecule has 0 unspecified atom stereocenters. The molecule has 0 saturated carbocycles. The first-order valence-electron chi connectivity index (χ1n) is 4.86. The Bertz CT molecular complexity index is 526. The number of hydrogen-bond donors (Lipinski definition) is 1. The normalized spacial score (nSPS) is 10.2. The quantitative estimate of drug-likeness (QED) is 0.932. The van der Waals surface area contributed by atoms with Crippen molar-refractivity contribution in [2.75, 3.05) is 5.32 Å². The lowest BCUT2D eigenvalue weighted by atomic mass is 10.3. The van der Waals surface area contributed by atoms with Gasteiger partial charge in [0.1, 0.15) is 6.54 Å². The summed E-state index contributed by atoms with van der Waals surface area (Å²) >= 11 is 11.7. The highest BCUT2D eigenvalue weighted by Gasteiger charge is 2.06. The minimum atomic E-state index is -0.174. The van der Waals surface area contributed by atoms with E-state index < -0.39 is 0 Å². The van der Waals surface area contributed by atoms with Gasteiger partial charge in [-0.2, -0.15) is 0 Å². The summed E-state index contributed by atoms with van der Waals surface area (Å²) < 4.78 is 1.67. The fraction of sp³-hybridized carbons (Fsp3) is 0.0909. The summed E-state index contributed by atoms with van der Waals surface area (Å²) in [5.74, 6) is -0.174. The van der Waals surface area contributed by atoms with E-state index in [-0.39, 0.29) is 12.5 Å². The second-order valence-corrected chi connectivity index (χ2v) is 4.25. The predicted molar refractivity (Wildman–Crippen MR) is 67.3 cm³/mol. The molecule has 88 valence electrons. The van der Waals surface area contributed by atoms with E-state index in [0.29, 0.717) is 15.7 Å². The average Bonchev–Trinajstić information content (AvgIpc) is 2.75. The molecule has 1 heterocycles. The lowest BCUT2D eigenvalue weighted by Crippen LogP contribution is -2.18. The van der Waals surface area contributed by atoms with Gasteiger partial charge in [0.15, 0.2) is 0 Å². The molecule has 1 aromatic carbocycles. The summed E-state index contributed by atoms with van der Waals surface area (Å²) in [7, 11) is 0. The van der Waals surface area contributed by atoms with Crippen LogP contribution in [0.5, 0.6) is 0 Å². The van der Waals surface area contributed by atoms with Crippen molar-refractivity contribution in [3.63, 3.8) is 0 Å². The van der Waals surface area contributed by atoms with Gasteiger partial charge in [0, 0.05) is 17.4 Å². The van der Waals surface area contributed by atoms with E-state index in [1.807, 2.05) is 0 Å². The second-order valence-electron chi connectivity index (χ2n) is 3.41. The van der Waals surface area contributed by atoms with Crippen molar-refractivity contribution in [3.8, 4) is 0 Å². The number of halogens is 2. The molecule has 4 nitrogen and oxygen atoms in total. The molecule has 17 heavy (non-hydrogen) atoms. The molecule has 0 aliphatic rings. The summed E-state index contributed by atoms with van der Waals surface area (Å²) in [5, 5.41) is 3.64. The zero-order valence-corrected chi connectivity index (χ0v) is 10.2. The first-order valence-corrected chi connectivity index (χ1v) is 5.61. The van der Waals surface area contributed by atoms with Crippen LogP contribution in [0, 0.1) is 0 Å². The highest BCUT2D eigenvalue weighted by molar-refractivity contribution is 6.36. The molecule has 0 radical (unpaired) electrons. The van der Waals surface area contributed by atoms with Gasteiger partial charge in [0.2, 0.25) is 5.91 Å². The molecule has 2 aromatic rings. The van der Waals surface area contributed by atoms with Crippen molar-refractivity contribution in [2.24, 2.45) is 0 Å². The summed E-state index contributed by atoms with van der Waals surface area (Å²) in [6.07, 6.45) is 4.90. The Labute approximate surface area is 108 Å². The summed E-state index contributed by atoms with van der Waals surface area (Å²) in [6, 6.07) is 4.91. The largest absolute Gasteiger partial charge is 0.328 e. The maximum Gasteiger partial charge on any atom is 0.244 e. The van der Waals surface area contributed by atoms with Crippen LogP contribution in [0.25, 0.3) is 0 Å². The molecule has 0 atom stereocenters. The van der Waals surface area contributed by atoms with Gasteiger partial charge in [0.05, 0.1) is 17.0 Å². The zero-order valence-electron chi connectivity index (χ0n) is 8.73. The number of benzene rings is 1. The van der Waals surface area contributed by atoms with E-state index in [0.717, 1.165) is 0 Å². The molecule has 1 aromatic heterocycles. The van der Waals surface area contributed by atoms with E-state index in [1.165, 1.54) is 0 Å². The molecule has 0 aliphatic heterocycles. The highest BCUT2D eigenvalue weighted by atomic mass is 35.5.